The molecule has 8 heteroatoms. The standard InChI is InChI=1S/C23H19BrN4O3/c1-30-19-8-4-2-6-17(19)21-25-23(28-27-21)26-22(29)16-12-10-15(11-13-16)14-31-20-9-5-3-7-18(20)24/h2-13H,14H2,1H3,(H2,25,26,27,28,29). The maximum atomic E-state index is 12.6. The number of methoxy groups -OCH3 is 1. The molecule has 1 heterocycles. The van der Waals surface area contributed by atoms with E-state index in [4.69, 9.17) is 9.47 Å². The molecule has 0 bridgehead atoms. The molecule has 1 amide bonds. The minimum absolute atomic E-state index is 0.187. The molecular formula is C23H19BrN4O3. The number of halogens is 1. The fourth-order valence-corrected chi connectivity index (χ4v) is 3.33. The van der Waals surface area contributed by atoms with Crippen molar-refractivity contribution in [2.45, 2.75) is 6.61 Å². The van der Waals surface area contributed by atoms with Gasteiger partial charge in [-0.05, 0) is 57.9 Å². The average Bonchev–Trinajstić information content (AvgIpc) is 3.27. The van der Waals surface area contributed by atoms with Crippen LogP contribution in [0.3, 0.4) is 0 Å². The number of H-pyrrole nitrogens is 1. The second-order valence-electron chi connectivity index (χ2n) is 6.58. The highest BCUT2D eigenvalue weighted by atomic mass is 79.9. The summed E-state index contributed by atoms with van der Waals surface area (Å²) < 4.78 is 12.0. The van der Waals surface area contributed by atoms with Crippen LogP contribution in [0.15, 0.2) is 77.3 Å². The van der Waals surface area contributed by atoms with Gasteiger partial charge in [0.15, 0.2) is 5.82 Å². The van der Waals surface area contributed by atoms with Gasteiger partial charge in [-0.3, -0.25) is 15.2 Å². The second-order valence-corrected chi connectivity index (χ2v) is 7.43. The maximum absolute atomic E-state index is 12.6. The van der Waals surface area contributed by atoms with Crippen molar-refractivity contribution >= 4 is 27.8 Å². The quantitative estimate of drug-likeness (QED) is 0.386. The zero-order valence-corrected chi connectivity index (χ0v) is 18.2. The Kier molecular flexibility index (Phi) is 6.28. The van der Waals surface area contributed by atoms with E-state index in [1.807, 2.05) is 60.7 Å². The molecule has 0 fully saturated rings. The van der Waals surface area contributed by atoms with Crippen LogP contribution in [0.2, 0.25) is 0 Å². The van der Waals surface area contributed by atoms with Crippen molar-refractivity contribution in [3.63, 3.8) is 0 Å². The monoisotopic (exact) mass is 478 g/mol. The molecular weight excluding hydrogens is 460 g/mol. The van der Waals surface area contributed by atoms with Crippen LogP contribution in [0.25, 0.3) is 11.4 Å². The number of benzene rings is 3. The highest BCUT2D eigenvalue weighted by molar-refractivity contribution is 9.10. The normalized spacial score (nSPS) is 10.5. The number of hydrogen-bond donors (Lipinski definition) is 2. The minimum atomic E-state index is -0.302. The largest absolute Gasteiger partial charge is 0.496 e. The molecule has 4 aromatic rings. The first-order valence-corrected chi connectivity index (χ1v) is 10.3. The van der Waals surface area contributed by atoms with Gasteiger partial charge < -0.3 is 9.47 Å². The number of anilines is 1. The summed E-state index contributed by atoms with van der Waals surface area (Å²) >= 11 is 3.46. The molecule has 0 aliphatic rings. The summed E-state index contributed by atoms with van der Waals surface area (Å²) in [4.78, 5) is 16.9. The van der Waals surface area contributed by atoms with Crippen molar-refractivity contribution in [1.82, 2.24) is 15.2 Å². The Morgan fingerprint density at radius 2 is 1.71 bits per heavy atom. The van der Waals surface area contributed by atoms with Crippen LogP contribution in [0, 0.1) is 0 Å². The molecule has 4 rings (SSSR count). The lowest BCUT2D eigenvalue weighted by atomic mass is 10.1. The summed E-state index contributed by atoms with van der Waals surface area (Å²) in [5.41, 5.74) is 2.20. The fourth-order valence-electron chi connectivity index (χ4n) is 2.93. The third-order valence-corrected chi connectivity index (χ3v) is 5.18. The molecule has 2 N–H and O–H groups in total. The van der Waals surface area contributed by atoms with Gasteiger partial charge in [-0.2, -0.15) is 4.98 Å². The molecule has 0 radical (unpaired) electrons. The van der Waals surface area contributed by atoms with E-state index < -0.39 is 0 Å². The van der Waals surface area contributed by atoms with Crippen LogP contribution in [-0.2, 0) is 6.61 Å². The number of aromatic amines is 1. The topological polar surface area (TPSA) is 89.1 Å². The lowest BCUT2D eigenvalue weighted by Crippen LogP contribution is -2.13. The molecule has 31 heavy (non-hydrogen) atoms. The zero-order valence-electron chi connectivity index (χ0n) is 16.6. The van der Waals surface area contributed by atoms with Gasteiger partial charge in [0.05, 0.1) is 17.1 Å². The van der Waals surface area contributed by atoms with Crippen LogP contribution in [0.4, 0.5) is 5.95 Å². The predicted molar refractivity (Wildman–Crippen MR) is 121 cm³/mol. The zero-order chi connectivity index (χ0) is 21.6. The minimum Gasteiger partial charge on any atom is -0.496 e. The summed E-state index contributed by atoms with van der Waals surface area (Å²) in [6, 6.07) is 22.3. The summed E-state index contributed by atoms with van der Waals surface area (Å²) in [7, 11) is 1.59. The highest BCUT2D eigenvalue weighted by Gasteiger charge is 2.13. The van der Waals surface area contributed by atoms with Gasteiger partial charge in [0, 0.05) is 5.56 Å². The van der Waals surface area contributed by atoms with Gasteiger partial charge in [-0.25, -0.2) is 0 Å². The number of rotatable bonds is 7. The SMILES string of the molecule is COc1ccccc1-c1nc(NC(=O)c2ccc(COc3ccccc3Br)cc2)n[nH]1. The molecule has 0 saturated carbocycles. The number of amides is 1. The number of carbonyl (C=O) groups is 1. The van der Waals surface area contributed by atoms with Gasteiger partial charge in [0.25, 0.3) is 5.91 Å². The maximum Gasteiger partial charge on any atom is 0.258 e. The highest BCUT2D eigenvalue weighted by Crippen LogP contribution is 2.27. The van der Waals surface area contributed by atoms with Gasteiger partial charge >= 0.3 is 0 Å². The lowest BCUT2D eigenvalue weighted by molar-refractivity contribution is 0.102. The molecule has 0 atom stereocenters. The number of para-hydroxylation sites is 2. The third kappa shape index (κ3) is 4.92. The van der Waals surface area contributed by atoms with E-state index in [-0.39, 0.29) is 11.9 Å². The van der Waals surface area contributed by atoms with Crippen molar-refractivity contribution in [1.29, 1.82) is 0 Å². The van der Waals surface area contributed by atoms with Crippen molar-refractivity contribution < 1.29 is 14.3 Å². The molecule has 0 spiro atoms. The van der Waals surface area contributed by atoms with Crippen molar-refractivity contribution in [2.75, 3.05) is 12.4 Å². The lowest BCUT2D eigenvalue weighted by Gasteiger charge is -2.08. The number of nitrogens with zero attached hydrogens (tertiary/aromatic N) is 2. The number of nitrogens with one attached hydrogen (secondary N) is 2. The van der Waals surface area contributed by atoms with E-state index in [0.29, 0.717) is 23.7 Å². The van der Waals surface area contributed by atoms with Crippen molar-refractivity contribution in [3.8, 4) is 22.9 Å². The Morgan fingerprint density at radius 3 is 2.45 bits per heavy atom. The Balaban J connectivity index is 1.39. The fraction of sp³-hybridized carbons (Fsp3) is 0.0870. The summed E-state index contributed by atoms with van der Waals surface area (Å²) in [5, 5.41) is 9.60. The van der Waals surface area contributed by atoms with Crippen molar-refractivity contribution in [3.05, 3.63) is 88.4 Å². The van der Waals surface area contributed by atoms with E-state index >= 15 is 0 Å². The van der Waals surface area contributed by atoms with E-state index in [9.17, 15) is 4.79 Å². The molecule has 0 saturated heterocycles. The Bertz CT molecular complexity index is 1190. The first kappa shape index (κ1) is 20.6. The third-order valence-electron chi connectivity index (χ3n) is 4.52. The van der Waals surface area contributed by atoms with Crippen LogP contribution in [0.5, 0.6) is 11.5 Å². The van der Waals surface area contributed by atoms with Crippen LogP contribution < -0.4 is 14.8 Å². The number of aromatic nitrogens is 3. The summed E-state index contributed by atoms with van der Waals surface area (Å²) in [6.07, 6.45) is 0. The Hall–Kier alpha value is -3.65. The Morgan fingerprint density at radius 1 is 1.00 bits per heavy atom. The molecule has 0 aliphatic heterocycles. The number of hydrogen-bond acceptors (Lipinski definition) is 5. The Labute approximate surface area is 187 Å². The van der Waals surface area contributed by atoms with Crippen LogP contribution in [0.1, 0.15) is 15.9 Å². The summed E-state index contributed by atoms with van der Waals surface area (Å²) in [6.45, 7) is 0.397. The molecule has 156 valence electrons. The molecule has 1 aromatic heterocycles. The molecule has 0 aliphatic carbocycles. The van der Waals surface area contributed by atoms with Gasteiger partial charge in [-0.15, -0.1) is 5.10 Å². The van der Waals surface area contributed by atoms with Crippen molar-refractivity contribution in [2.24, 2.45) is 0 Å². The molecule has 7 nitrogen and oxygen atoms in total. The van der Waals surface area contributed by atoms with Crippen LogP contribution >= 0.6 is 15.9 Å². The van der Waals surface area contributed by atoms with E-state index in [2.05, 4.69) is 36.4 Å². The molecule has 0 unspecified atom stereocenters. The summed E-state index contributed by atoms with van der Waals surface area (Å²) in [5.74, 6) is 1.82. The number of carbonyl (C=O) groups excluding carboxylic acids is 1. The van der Waals surface area contributed by atoms with Gasteiger partial charge in [0.1, 0.15) is 18.1 Å². The molecule has 3 aromatic carbocycles. The average molecular weight is 479 g/mol. The first-order valence-electron chi connectivity index (χ1n) is 9.47. The smallest absolute Gasteiger partial charge is 0.258 e. The van der Waals surface area contributed by atoms with E-state index in [1.165, 1.54) is 0 Å². The van der Waals surface area contributed by atoms with Gasteiger partial charge in [0.2, 0.25) is 5.95 Å². The van der Waals surface area contributed by atoms with E-state index in [1.54, 1.807) is 19.2 Å². The van der Waals surface area contributed by atoms with Crippen LogP contribution in [-0.4, -0.2) is 28.2 Å². The number of ether oxygens (including phenoxy) is 2. The second kappa shape index (κ2) is 9.44. The predicted octanol–water partition coefficient (Wildman–Crippen LogP) is 5.07. The first-order chi connectivity index (χ1) is 15.1. The van der Waals surface area contributed by atoms with E-state index in [0.717, 1.165) is 21.3 Å². The van der Waals surface area contributed by atoms with Gasteiger partial charge in [-0.1, -0.05) is 36.4 Å².